The van der Waals surface area contributed by atoms with Crippen LogP contribution in [0.3, 0.4) is 0 Å². The van der Waals surface area contributed by atoms with E-state index in [2.05, 4.69) is 5.32 Å². The van der Waals surface area contributed by atoms with E-state index in [0.717, 1.165) is 19.0 Å². The Hall–Kier alpha value is -0.570. The van der Waals surface area contributed by atoms with Gasteiger partial charge in [0.25, 0.3) is 0 Å². The fraction of sp³-hybridized carbons (Fsp3) is 0.917. The monoisotopic (exact) mass is 211 g/mol. The van der Waals surface area contributed by atoms with E-state index >= 15 is 0 Å². The summed E-state index contributed by atoms with van der Waals surface area (Å²) < 4.78 is 5.45. The van der Waals surface area contributed by atoms with Gasteiger partial charge in [-0.25, -0.2) is 0 Å². The summed E-state index contributed by atoms with van der Waals surface area (Å²) >= 11 is 0. The Bertz CT molecular complexity index is 253. The molecule has 0 aromatic heterocycles. The molecule has 3 heteroatoms. The molecular formula is C12H21NO2. The molecule has 0 aromatic rings. The van der Waals surface area contributed by atoms with Gasteiger partial charge in [-0.1, -0.05) is 0 Å². The van der Waals surface area contributed by atoms with E-state index in [-0.39, 0.29) is 17.5 Å². The maximum atomic E-state index is 11.9. The lowest BCUT2D eigenvalue weighted by Gasteiger charge is -2.24. The molecule has 2 rings (SSSR count). The van der Waals surface area contributed by atoms with Crippen molar-refractivity contribution in [2.45, 2.75) is 39.2 Å². The summed E-state index contributed by atoms with van der Waals surface area (Å²) in [5.41, 5.74) is -0.353. The predicted molar refractivity (Wildman–Crippen MR) is 58.4 cm³/mol. The topological polar surface area (TPSA) is 38.3 Å². The fourth-order valence-electron chi connectivity index (χ4n) is 2.35. The molecule has 0 unspecified atom stereocenters. The van der Waals surface area contributed by atoms with Crippen LogP contribution in [0.5, 0.6) is 0 Å². The molecule has 3 nitrogen and oxygen atoms in total. The Morgan fingerprint density at radius 1 is 1.27 bits per heavy atom. The van der Waals surface area contributed by atoms with Gasteiger partial charge < -0.3 is 10.1 Å². The van der Waals surface area contributed by atoms with Gasteiger partial charge in [0.2, 0.25) is 0 Å². The Morgan fingerprint density at radius 2 is 1.93 bits per heavy atom. The molecule has 2 fully saturated rings. The molecule has 0 amide bonds. The summed E-state index contributed by atoms with van der Waals surface area (Å²) in [6.45, 7) is 7.59. The summed E-state index contributed by atoms with van der Waals surface area (Å²) in [7, 11) is 0. The molecule has 1 aliphatic carbocycles. The van der Waals surface area contributed by atoms with Crippen LogP contribution < -0.4 is 5.32 Å². The van der Waals surface area contributed by atoms with Crippen molar-refractivity contribution in [3.05, 3.63) is 0 Å². The Balaban J connectivity index is 1.93. The number of hydrogen-bond donors (Lipinski definition) is 1. The molecule has 1 N–H and O–H groups in total. The Kier molecular flexibility index (Phi) is 2.75. The first-order valence-corrected chi connectivity index (χ1v) is 5.91. The van der Waals surface area contributed by atoms with E-state index in [4.69, 9.17) is 4.74 Å². The van der Waals surface area contributed by atoms with Crippen molar-refractivity contribution < 1.29 is 9.53 Å². The van der Waals surface area contributed by atoms with Crippen LogP contribution >= 0.6 is 0 Å². The third kappa shape index (κ3) is 2.71. The molecule has 0 aromatic carbocycles. The minimum Gasteiger partial charge on any atom is -0.460 e. The molecule has 15 heavy (non-hydrogen) atoms. The van der Waals surface area contributed by atoms with Crippen LogP contribution in [0.2, 0.25) is 0 Å². The zero-order chi connectivity index (χ0) is 11.1. The summed E-state index contributed by atoms with van der Waals surface area (Å²) in [5.74, 6) is 1.39. The number of esters is 1. The van der Waals surface area contributed by atoms with Gasteiger partial charge in [0.05, 0.1) is 5.92 Å². The van der Waals surface area contributed by atoms with E-state index in [1.54, 1.807) is 0 Å². The molecule has 0 radical (unpaired) electrons. The zero-order valence-corrected chi connectivity index (χ0v) is 9.88. The highest BCUT2D eigenvalue weighted by atomic mass is 16.6. The highest BCUT2D eigenvalue weighted by Gasteiger charge is 2.43. The number of nitrogens with one attached hydrogen (secondary N) is 1. The lowest BCUT2D eigenvalue weighted by atomic mass is 9.91. The predicted octanol–water partition coefficient (Wildman–Crippen LogP) is 1.57. The van der Waals surface area contributed by atoms with Gasteiger partial charge >= 0.3 is 5.97 Å². The maximum absolute atomic E-state index is 11.9. The van der Waals surface area contributed by atoms with Crippen LogP contribution in [0.4, 0.5) is 0 Å². The van der Waals surface area contributed by atoms with Crippen LogP contribution in [0.15, 0.2) is 0 Å². The van der Waals surface area contributed by atoms with Gasteiger partial charge in [-0.3, -0.25) is 4.79 Å². The normalized spacial score (nSPS) is 31.7. The first-order valence-electron chi connectivity index (χ1n) is 5.91. The lowest BCUT2D eigenvalue weighted by Crippen LogP contribution is -2.32. The van der Waals surface area contributed by atoms with Crippen LogP contribution in [0, 0.1) is 17.8 Å². The molecule has 1 saturated heterocycles. The van der Waals surface area contributed by atoms with Gasteiger partial charge in [0.1, 0.15) is 5.60 Å². The van der Waals surface area contributed by atoms with Gasteiger partial charge in [-0.15, -0.1) is 0 Å². The minimum absolute atomic E-state index is 0.00981. The van der Waals surface area contributed by atoms with Gasteiger partial charge in [0, 0.05) is 6.54 Å². The van der Waals surface area contributed by atoms with Gasteiger partial charge in [0.15, 0.2) is 0 Å². The first-order chi connectivity index (χ1) is 6.97. The molecule has 2 aliphatic rings. The summed E-state index contributed by atoms with van der Waals surface area (Å²) in [6.07, 6.45) is 2.59. The van der Waals surface area contributed by atoms with Crippen molar-refractivity contribution >= 4 is 5.97 Å². The second-order valence-electron chi connectivity index (χ2n) is 5.80. The van der Waals surface area contributed by atoms with Gasteiger partial charge in [-0.2, -0.15) is 0 Å². The average Bonchev–Trinajstić information content (AvgIpc) is 2.80. The quantitative estimate of drug-likeness (QED) is 0.705. The Labute approximate surface area is 91.6 Å². The number of rotatable bonds is 2. The fourth-order valence-corrected chi connectivity index (χ4v) is 2.35. The molecule has 0 bridgehead atoms. The lowest BCUT2D eigenvalue weighted by molar-refractivity contribution is -0.160. The maximum Gasteiger partial charge on any atom is 0.311 e. The van der Waals surface area contributed by atoms with Gasteiger partial charge in [-0.05, 0) is 52.0 Å². The van der Waals surface area contributed by atoms with Crippen LogP contribution in [-0.4, -0.2) is 24.7 Å². The molecule has 1 saturated carbocycles. The third-order valence-electron chi connectivity index (χ3n) is 3.20. The molecule has 2 atom stereocenters. The first kappa shape index (κ1) is 10.9. The standard InChI is InChI=1S/C12H21NO2/c1-12(2,3)15-11(14)10-7-13-6-9(10)8-4-5-8/h8-10,13H,4-7H2,1-3H3/t9-,10+/m1/s1. The minimum atomic E-state index is -0.353. The number of ether oxygens (including phenoxy) is 1. The van der Waals surface area contributed by atoms with Crippen molar-refractivity contribution in [2.75, 3.05) is 13.1 Å². The Morgan fingerprint density at radius 3 is 2.47 bits per heavy atom. The third-order valence-corrected chi connectivity index (χ3v) is 3.20. The van der Waals surface area contributed by atoms with Crippen molar-refractivity contribution in [3.63, 3.8) is 0 Å². The highest BCUT2D eigenvalue weighted by molar-refractivity contribution is 5.74. The van der Waals surface area contributed by atoms with Crippen LogP contribution in [0.1, 0.15) is 33.6 Å². The second kappa shape index (κ2) is 3.78. The smallest absolute Gasteiger partial charge is 0.311 e. The number of carbonyl (C=O) groups excluding carboxylic acids is 1. The SMILES string of the molecule is CC(C)(C)OC(=O)[C@H]1CNC[C@@H]1C1CC1. The van der Waals surface area contributed by atoms with Crippen molar-refractivity contribution in [2.24, 2.45) is 17.8 Å². The average molecular weight is 211 g/mol. The van der Waals surface area contributed by atoms with Crippen molar-refractivity contribution in [1.29, 1.82) is 0 Å². The summed E-state index contributed by atoms with van der Waals surface area (Å²) in [5, 5.41) is 3.31. The molecule has 0 spiro atoms. The van der Waals surface area contributed by atoms with Crippen molar-refractivity contribution in [1.82, 2.24) is 5.32 Å². The van der Waals surface area contributed by atoms with Crippen LogP contribution in [-0.2, 0) is 9.53 Å². The van der Waals surface area contributed by atoms with E-state index in [1.165, 1.54) is 12.8 Å². The molecule has 1 aliphatic heterocycles. The van der Waals surface area contributed by atoms with Crippen molar-refractivity contribution in [3.8, 4) is 0 Å². The molecular weight excluding hydrogens is 190 g/mol. The van der Waals surface area contributed by atoms with E-state index in [9.17, 15) is 4.79 Å². The summed E-state index contributed by atoms with van der Waals surface area (Å²) in [4.78, 5) is 11.9. The number of carbonyl (C=O) groups is 1. The second-order valence-corrected chi connectivity index (χ2v) is 5.80. The zero-order valence-electron chi connectivity index (χ0n) is 9.88. The van der Waals surface area contributed by atoms with E-state index in [0.29, 0.717) is 5.92 Å². The number of hydrogen-bond acceptors (Lipinski definition) is 3. The van der Waals surface area contributed by atoms with Crippen LogP contribution in [0.25, 0.3) is 0 Å². The molecule has 1 heterocycles. The highest BCUT2D eigenvalue weighted by Crippen LogP contribution is 2.42. The molecule has 86 valence electrons. The van der Waals surface area contributed by atoms with E-state index < -0.39 is 0 Å². The van der Waals surface area contributed by atoms with E-state index in [1.807, 2.05) is 20.8 Å². The summed E-state index contributed by atoms with van der Waals surface area (Å²) in [6, 6.07) is 0. The largest absolute Gasteiger partial charge is 0.460 e.